The second-order valence-corrected chi connectivity index (χ2v) is 5.31. The van der Waals surface area contributed by atoms with E-state index in [1.807, 2.05) is 0 Å². The normalized spacial score (nSPS) is 11.5. The number of benzene rings is 2. The molecule has 0 fully saturated rings. The average molecular weight is 350 g/mol. The second-order valence-electron chi connectivity index (χ2n) is 4.90. The Hall–Kier alpha value is -2.73. The molecule has 0 aromatic heterocycles. The third kappa shape index (κ3) is 4.17. The number of para-hydroxylation sites is 1. The van der Waals surface area contributed by atoms with Crippen LogP contribution in [0.25, 0.3) is 0 Å². The van der Waals surface area contributed by atoms with Crippen molar-refractivity contribution in [1.82, 2.24) is 0 Å². The van der Waals surface area contributed by atoms with E-state index in [1.54, 1.807) is 24.3 Å². The highest BCUT2D eigenvalue weighted by molar-refractivity contribution is 6.33. The van der Waals surface area contributed by atoms with E-state index in [-0.39, 0.29) is 11.3 Å². The second kappa shape index (κ2) is 7.70. The van der Waals surface area contributed by atoms with Crippen LogP contribution in [0.5, 0.6) is 11.5 Å². The van der Waals surface area contributed by atoms with Crippen LogP contribution in [-0.4, -0.2) is 30.2 Å². The van der Waals surface area contributed by atoms with Gasteiger partial charge in [0.1, 0.15) is 17.1 Å². The van der Waals surface area contributed by atoms with E-state index in [4.69, 9.17) is 21.1 Å². The molecule has 2 N–H and O–H groups in total. The number of nitrogens with one attached hydrogen (secondary N) is 1. The van der Waals surface area contributed by atoms with Gasteiger partial charge in [-0.2, -0.15) is 0 Å². The van der Waals surface area contributed by atoms with Gasteiger partial charge in [-0.25, -0.2) is 4.79 Å². The third-order valence-corrected chi connectivity index (χ3v) is 3.54. The molecule has 2 rings (SSSR count). The molecule has 0 aliphatic carbocycles. The van der Waals surface area contributed by atoms with Crippen LogP contribution in [-0.2, 0) is 9.53 Å². The van der Waals surface area contributed by atoms with Gasteiger partial charge in [0.2, 0.25) is 0 Å². The lowest BCUT2D eigenvalue weighted by atomic mass is 10.2. The summed E-state index contributed by atoms with van der Waals surface area (Å²) in [5.41, 5.74) is 0.322. The smallest absolute Gasteiger partial charge is 0.342 e. The molecule has 1 unspecified atom stereocenters. The van der Waals surface area contributed by atoms with Crippen LogP contribution in [0.15, 0.2) is 42.5 Å². The number of rotatable bonds is 5. The lowest BCUT2D eigenvalue weighted by Crippen LogP contribution is -2.30. The van der Waals surface area contributed by atoms with Crippen LogP contribution in [0.2, 0.25) is 5.02 Å². The first-order valence-corrected chi connectivity index (χ1v) is 7.43. The van der Waals surface area contributed by atoms with Gasteiger partial charge in [-0.3, -0.25) is 4.79 Å². The van der Waals surface area contributed by atoms with Gasteiger partial charge in [-0.05, 0) is 37.3 Å². The summed E-state index contributed by atoms with van der Waals surface area (Å²) in [6.07, 6.45) is -1.08. The van der Waals surface area contributed by atoms with Crippen LogP contribution < -0.4 is 10.1 Å². The first kappa shape index (κ1) is 17.6. The number of esters is 1. The highest BCUT2D eigenvalue weighted by atomic mass is 35.5. The van der Waals surface area contributed by atoms with E-state index in [1.165, 1.54) is 32.2 Å². The number of aromatic hydroxyl groups is 1. The molecule has 0 aliphatic heterocycles. The van der Waals surface area contributed by atoms with Crippen LogP contribution in [0.4, 0.5) is 5.69 Å². The fourth-order valence-electron chi connectivity index (χ4n) is 1.88. The zero-order valence-electron chi connectivity index (χ0n) is 13.1. The van der Waals surface area contributed by atoms with Crippen molar-refractivity contribution in [3.63, 3.8) is 0 Å². The molecule has 2 aromatic rings. The van der Waals surface area contributed by atoms with E-state index in [9.17, 15) is 14.7 Å². The van der Waals surface area contributed by atoms with Gasteiger partial charge in [0.05, 0.1) is 17.8 Å². The topological polar surface area (TPSA) is 84.9 Å². The van der Waals surface area contributed by atoms with Crippen molar-refractivity contribution in [3.05, 3.63) is 53.1 Å². The monoisotopic (exact) mass is 349 g/mol. The van der Waals surface area contributed by atoms with Crippen molar-refractivity contribution in [2.75, 3.05) is 12.4 Å². The van der Waals surface area contributed by atoms with Crippen molar-refractivity contribution >= 4 is 29.2 Å². The fourth-order valence-corrected chi connectivity index (χ4v) is 2.06. The Balaban J connectivity index is 2.06. The van der Waals surface area contributed by atoms with Crippen LogP contribution >= 0.6 is 11.6 Å². The number of carbonyl (C=O) groups excluding carboxylic acids is 2. The summed E-state index contributed by atoms with van der Waals surface area (Å²) >= 11 is 5.96. The number of phenolic OH excluding ortho intramolecular Hbond substituents is 1. The summed E-state index contributed by atoms with van der Waals surface area (Å²) < 4.78 is 10.1. The third-order valence-electron chi connectivity index (χ3n) is 3.21. The summed E-state index contributed by atoms with van der Waals surface area (Å²) in [6.45, 7) is 1.42. The molecule has 0 bridgehead atoms. The Bertz CT molecular complexity index is 762. The summed E-state index contributed by atoms with van der Waals surface area (Å²) in [4.78, 5) is 24.2. The molecule has 1 amide bonds. The fraction of sp³-hybridized carbons (Fsp3) is 0.176. The Kier molecular flexibility index (Phi) is 5.65. The predicted octanol–water partition coefficient (Wildman–Crippen LogP) is 3.24. The van der Waals surface area contributed by atoms with E-state index in [0.29, 0.717) is 16.5 Å². The highest BCUT2D eigenvalue weighted by Gasteiger charge is 2.22. The van der Waals surface area contributed by atoms with Gasteiger partial charge in [-0.15, -0.1) is 0 Å². The predicted molar refractivity (Wildman–Crippen MR) is 89.6 cm³/mol. The summed E-state index contributed by atoms with van der Waals surface area (Å²) in [7, 11) is 1.43. The van der Waals surface area contributed by atoms with E-state index >= 15 is 0 Å². The first-order valence-electron chi connectivity index (χ1n) is 7.05. The van der Waals surface area contributed by atoms with Crippen molar-refractivity contribution in [2.24, 2.45) is 0 Å². The molecule has 7 heteroatoms. The standard InChI is InChI=1S/C17H16ClNO5/c1-10(16(21)19-14-6-4-3-5-13(14)18)24-17(22)12-9-11(23-2)7-8-15(12)20/h3-10,20H,1-2H3,(H,19,21). The van der Waals surface area contributed by atoms with E-state index < -0.39 is 18.0 Å². The minimum absolute atomic E-state index is 0.0910. The maximum Gasteiger partial charge on any atom is 0.342 e. The molecule has 1 atom stereocenters. The Morgan fingerprint density at radius 1 is 1.21 bits per heavy atom. The molecule has 6 nitrogen and oxygen atoms in total. The highest BCUT2D eigenvalue weighted by Crippen LogP contribution is 2.24. The molecule has 0 spiro atoms. The van der Waals surface area contributed by atoms with Gasteiger partial charge < -0.3 is 19.9 Å². The number of phenols is 1. The number of anilines is 1. The molecule has 0 aliphatic rings. The van der Waals surface area contributed by atoms with Crippen molar-refractivity contribution in [3.8, 4) is 11.5 Å². The molecule has 2 aromatic carbocycles. The average Bonchev–Trinajstić information content (AvgIpc) is 2.57. The van der Waals surface area contributed by atoms with E-state index in [0.717, 1.165) is 0 Å². The van der Waals surface area contributed by atoms with Crippen molar-refractivity contribution in [1.29, 1.82) is 0 Å². The minimum Gasteiger partial charge on any atom is -0.507 e. The van der Waals surface area contributed by atoms with Crippen LogP contribution in [0.1, 0.15) is 17.3 Å². The lowest BCUT2D eigenvalue weighted by Gasteiger charge is -2.15. The zero-order valence-corrected chi connectivity index (χ0v) is 13.8. The number of hydrogen-bond donors (Lipinski definition) is 2. The van der Waals surface area contributed by atoms with Gasteiger partial charge in [0.15, 0.2) is 6.10 Å². The maximum absolute atomic E-state index is 12.1. The van der Waals surface area contributed by atoms with Gasteiger partial charge in [0, 0.05) is 0 Å². The quantitative estimate of drug-likeness (QED) is 0.809. The molecular formula is C17H16ClNO5. The largest absolute Gasteiger partial charge is 0.507 e. The number of halogens is 1. The molecular weight excluding hydrogens is 334 g/mol. The lowest BCUT2D eigenvalue weighted by molar-refractivity contribution is -0.123. The number of carbonyl (C=O) groups is 2. The van der Waals surface area contributed by atoms with Crippen molar-refractivity contribution in [2.45, 2.75) is 13.0 Å². The van der Waals surface area contributed by atoms with Gasteiger partial charge >= 0.3 is 5.97 Å². The summed E-state index contributed by atoms with van der Waals surface area (Å²) in [5, 5.41) is 12.7. The number of hydrogen-bond acceptors (Lipinski definition) is 5. The molecule has 126 valence electrons. The molecule has 24 heavy (non-hydrogen) atoms. The number of amides is 1. The SMILES string of the molecule is COc1ccc(O)c(C(=O)OC(C)C(=O)Nc2ccccc2Cl)c1. The summed E-state index contributed by atoms with van der Waals surface area (Å²) in [5.74, 6) is -1.26. The van der Waals surface area contributed by atoms with Gasteiger partial charge in [0.25, 0.3) is 5.91 Å². The minimum atomic E-state index is -1.08. The summed E-state index contributed by atoms with van der Waals surface area (Å²) in [6, 6.07) is 10.8. The molecule has 0 radical (unpaired) electrons. The van der Waals surface area contributed by atoms with Crippen LogP contribution in [0, 0.1) is 0 Å². The maximum atomic E-state index is 12.1. The molecule has 0 saturated carbocycles. The van der Waals surface area contributed by atoms with Crippen LogP contribution in [0.3, 0.4) is 0 Å². The number of ether oxygens (including phenoxy) is 2. The van der Waals surface area contributed by atoms with E-state index in [2.05, 4.69) is 5.32 Å². The first-order chi connectivity index (χ1) is 11.4. The van der Waals surface area contributed by atoms with Crippen molar-refractivity contribution < 1.29 is 24.2 Å². The zero-order chi connectivity index (χ0) is 17.7. The molecule has 0 heterocycles. The Morgan fingerprint density at radius 3 is 2.58 bits per heavy atom. The Morgan fingerprint density at radius 2 is 1.92 bits per heavy atom. The molecule has 0 saturated heterocycles. The number of methoxy groups -OCH3 is 1. The van der Waals surface area contributed by atoms with Gasteiger partial charge in [-0.1, -0.05) is 23.7 Å². The Labute approximate surface area is 144 Å².